The first kappa shape index (κ1) is 14.1. The van der Waals surface area contributed by atoms with Crippen LogP contribution in [-0.2, 0) is 0 Å². The summed E-state index contributed by atoms with van der Waals surface area (Å²) in [6.07, 6.45) is 2.14. The van der Waals surface area contributed by atoms with E-state index in [-0.39, 0.29) is 17.5 Å². The predicted octanol–water partition coefficient (Wildman–Crippen LogP) is 2.31. The van der Waals surface area contributed by atoms with Crippen molar-refractivity contribution in [1.29, 1.82) is 0 Å². The van der Waals surface area contributed by atoms with Gasteiger partial charge in [0.1, 0.15) is 0 Å². The molecule has 0 bridgehead atoms. The van der Waals surface area contributed by atoms with Gasteiger partial charge in [0.25, 0.3) is 0 Å². The van der Waals surface area contributed by atoms with Gasteiger partial charge in [-0.1, -0.05) is 13.3 Å². The van der Waals surface area contributed by atoms with E-state index in [0.29, 0.717) is 12.6 Å². The highest BCUT2D eigenvalue weighted by atomic mass is 32.2. The molecule has 1 rings (SSSR count). The van der Waals surface area contributed by atoms with Gasteiger partial charge in [-0.2, -0.15) is 13.2 Å². The second-order valence-corrected chi connectivity index (χ2v) is 5.14. The molecule has 1 fully saturated rings. The van der Waals surface area contributed by atoms with Crippen LogP contribution in [0.3, 0.4) is 0 Å². The molecular formula is C10H19F3N2S. The molecule has 1 saturated heterocycles. The Morgan fingerprint density at radius 3 is 2.81 bits per heavy atom. The van der Waals surface area contributed by atoms with Crippen LogP contribution in [0.15, 0.2) is 0 Å². The van der Waals surface area contributed by atoms with Crippen molar-refractivity contribution in [3.8, 4) is 0 Å². The van der Waals surface area contributed by atoms with Gasteiger partial charge in [-0.15, -0.1) is 0 Å². The molecule has 1 unspecified atom stereocenters. The molecule has 1 atom stereocenters. The second kappa shape index (κ2) is 6.71. The number of alkyl halides is 3. The van der Waals surface area contributed by atoms with Crippen LogP contribution in [0.1, 0.15) is 19.8 Å². The van der Waals surface area contributed by atoms with Crippen molar-refractivity contribution in [2.75, 3.05) is 31.9 Å². The molecule has 0 saturated carbocycles. The summed E-state index contributed by atoms with van der Waals surface area (Å²) in [5, 5.41) is 3.29. The van der Waals surface area contributed by atoms with Gasteiger partial charge in [0.15, 0.2) is 0 Å². The maximum absolute atomic E-state index is 12.0. The topological polar surface area (TPSA) is 15.3 Å². The van der Waals surface area contributed by atoms with Gasteiger partial charge >= 0.3 is 5.51 Å². The molecule has 16 heavy (non-hydrogen) atoms. The van der Waals surface area contributed by atoms with Crippen molar-refractivity contribution < 1.29 is 13.2 Å². The first-order valence-corrected chi connectivity index (χ1v) is 6.67. The average Bonchev–Trinajstić information content (AvgIpc) is 2.19. The highest BCUT2D eigenvalue weighted by molar-refractivity contribution is 8.00. The standard InChI is InChI=1S/C10H19F3N2S/c1-2-3-9-8-14-4-5-15(9)6-7-16-10(11,12)13/h9,14H,2-8H2,1H3. The SMILES string of the molecule is CCCC1CNCCN1CCSC(F)(F)F. The molecule has 2 nitrogen and oxygen atoms in total. The minimum absolute atomic E-state index is 0.0853. The molecule has 0 aromatic rings. The number of piperazine rings is 1. The van der Waals surface area contributed by atoms with E-state index >= 15 is 0 Å². The number of nitrogens with zero attached hydrogens (tertiary/aromatic N) is 1. The van der Waals surface area contributed by atoms with E-state index in [4.69, 9.17) is 0 Å². The molecule has 1 aliphatic heterocycles. The number of hydrogen-bond donors (Lipinski definition) is 1. The highest BCUT2D eigenvalue weighted by Gasteiger charge is 2.29. The summed E-state index contributed by atoms with van der Waals surface area (Å²) in [7, 11) is 0. The van der Waals surface area contributed by atoms with E-state index in [0.717, 1.165) is 32.5 Å². The van der Waals surface area contributed by atoms with Crippen molar-refractivity contribution in [3.05, 3.63) is 0 Å². The zero-order valence-electron chi connectivity index (χ0n) is 9.52. The predicted molar refractivity (Wildman–Crippen MR) is 61.7 cm³/mol. The lowest BCUT2D eigenvalue weighted by molar-refractivity contribution is -0.0329. The Kier molecular flexibility index (Phi) is 5.92. The summed E-state index contributed by atoms with van der Waals surface area (Å²) in [6, 6.07) is 0.410. The Bertz CT molecular complexity index is 197. The van der Waals surface area contributed by atoms with Crippen molar-refractivity contribution in [1.82, 2.24) is 10.2 Å². The summed E-state index contributed by atoms with van der Waals surface area (Å²) in [5.74, 6) is 0.143. The molecule has 96 valence electrons. The Morgan fingerprint density at radius 1 is 1.44 bits per heavy atom. The Labute approximate surface area is 98.9 Å². The first-order valence-electron chi connectivity index (χ1n) is 5.68. The van der Waals surface area contributed by atoms with Gasteiger partial charge < -0.3 is 5.32 Å². The molecule has 1 N–H and O–H groups in total. The van der Waals surface area contributed by atoms with Gasteiger partial charge in [0, 0.05) is 38.0 Å². The van der Waals surface area contributed by atoms with Gasteiger partial charge in [0.05, 0.1) is 0 Å². The largest absolute Gasteiger partial charge is 0.441 e. The van der Waals surface area contributed by atoms with E-state index in [1.807, 2.05) is 0 Å². The van der Waals surface area contributed by atoms with Crippen LogP contribution in [0.4, 0.5) is 13.2 Å². The monoisotopic (exact) mass is 256 g/mol. The molecule has 0 amide bonds. The third-order valence-corrected chi connectivity index (χ3v) is 3.45. The second-order valence-electron chi connectivity index (χ2n) is 3.98. The number of nitrogens with one attached hydrogen (secondary N) is 1. The zero-order valence-corrected chi connectivity index (χ0v) is 10.3. The number of halogens is 3. The molecule has 0 spiro atoms. The van der Waals surface area contributed by atoms with Gasteiger partial charge in [-0.05, 0) is 18.2 Å². The van der Waals surface area contributed by atoms with Crippen LogP contribution < -0.4 is 5.32 Å². The number of rotatable bonds is 5. The van der Waals surface area contributed by atoms with Crippen molar-refractivity contribution in [3.63, 3.8) is 0 Å². The van der Waals surface area contributed by atoms with E-state index < -0.39 is 5.51 Å². The summed E-state index contributed by atoms with van der Waals surface area (Å²) in [5.41, 5.74) is -4.09. The van der Waals surface area contributed by atoms with E-state index in [1.165, 1.54) is 0 Å². The molecule has 1 aliphatic rings. The van der Waals surface area contributed by atoms with E-state index in [1.54, 1.807) is 0 Å². The molecule has 0 aromatic heterocycles. The maximum atomic E-state index is 12.0. The number of thioether (sulfide) groups is 1. The molecular weight excluding hydrogens is 237 g/mol. The minimum atomic E-state index is -4.09. The lowest BCUT2D eigenvalue weighted by Gasteiger charge is -2.36. The third kappa shape index (κ3) is 5.41. The van der Waals surface area contributed by atoms with Gasteiger partial charge in [-0.25, -0.2) is 0 Å². The van der Waals surface area contributed by atoms with E-state index in [9.17, 15) is 13.2 Å². The van der Waals surface area contributed by atoms with Crippen molar-refractivity contribution in [2.45, 2.75) is 31.3 Å². The normalized spacial score (nSPS) is 23.6. The van der Waals surface area contributed by atoms with Gasteiger partial charge in [-0.3, -0.25) is 4.90 Å². The molecule has 0 aromatic carbocycles. The van der Waals surface area contributed by atoms with E-state index in [2.05, 4.69) is 17.1 Å². The maximum Gasteiger partial charge on any atom is 0.441 e. The summed E-state index contributed by atoms with van der Waals surface area (Å²) in [4.78, 5) is 2.18. The Hall–Kier alpha value is 0.0600. The quantitative estimate of drug-likeness (QED) is 0.812. The van der Waals surface area contributed by atoms with Crippen LogP contribution in [0.2, 0.25) is 0 Å². The lowest BCUT2D eigenvalue weighted by atomic mass is 10.1. The van der Waals surface area contributed by atoms with Crippen LogP contribution in [0.25, 0.3) is 0 Å². The molecule has 0 radical (unpaired) electrons. The molecule has 0 aliphatic carbocycles. The van der Waals surface area contributed by atoms with Crippen molar-refractivity contribution in [2.24, 2.45) is 0 Å². The fourth-order valence-corrected chi connectivity index (χ4v) is 2.55. The first-order chi connectivity index (χ1) is 7.53. The van der Waals surface area contributed by atoms with Crippen LogP contribution in [0, 0.1) is 0 Å². The van der Waals surface area contributed by atoms with Crippen LogP contribution >= 0.6 is 11.8 Å². The average molecular weight is 256 g/mol. The van der Waals surface area contributed by atoms with Crippen LogP contribution in [0.5, 0.6) is 0 Å². The summed E-state index contributed by atoms with van der Waals surface area (Å²) >= 11 is 0.0853. The fraction of sp³-hybridized carbons (Fsp3) is 1.00. The molecule has 6 heteroatoms. The lowest BCUT2D eigenvalue weighted by Crippen LogP contribution is -2.51. The Balaban J connectivity index is 2.27. The summed E-state index contributed by atoms with van der Waals surface area (Å²) < 4.78 is 36.0. The minimum Gasteiger partial charge on any atom is -0.314 e. The highest BCUT2D eigenvalue weighted by Crippen LogP contribution is 2.30. The van der Waals surface area contributed by atoms with Crippen LogP contribution in [-0.4, -0.2) is 48.4 Å². The summed E-state index contributed by atoms with van der Waals surface area (Å²) in [6.45, 7) is 5.30. The molecule has 1 heterocycles. The number of hydrogen-bond acceptors (Lipinski definition) is 3. The smallest absolute Gasteiger partial charge is 0.314 e. The fourth-order valence-electron chi connectivity index (χ4n) is 1.99. The van der Waals surface area contributed by atoms with Crippen molar-refractivity contribution >= 4 is 11.8 Å². The third-order valence-electron chi connectivity index (χ3n) is 2.74. The Morgan fingerprint density at radius 2 is 2.19 bits per heavy atom. The van der Waals surface area contributed by atoms with Gasteiger partial charge in [0.2, 0.25) is 0 Å². The zero-order chi connectivity index (χ0) is 12.0.